The van der Waals surface area contributed by atoms with Crippen molar-refractivity contribution >= 4 is 56.0 Å². The third-order valence-corrected chi connectivity index (χ3v) is 4.80. The summed E-state index contributed by atoms with van der Waals surface area (Å²) >= 11 is 3.59. The van der Waals surface area contributed by atoms with E-state index in [0.717, 1.165) is 15.9 Å². The molecule has 0 bridgehead atoms. The predicted octanol–water partition coefficient (Wildman–Crippen LogP) is 4.60. The van der Waals surface area contributed by atoms with Gasteiger partial charge in [0.1, 0.15) is 0 Å². The second-order valence-corrected chi connectivity index (χ2v) is 6.31. The van der Waals surface area contributed by atoms with E-state index in [1.807, 2.05) is 72.3 Å². The van der Waals surface area contributed by atoms with E-state index in [1.54, 1.807) is 20.0 Å². The summed E-state index contributed by atoms with van der Waals surface area (Å²) in [7, 11) is 0. The number of carbonyl (C=O) groups excluding carboxylic acids is 1. The van der Waals surface area contributed by atoms with Crippen molar-refractivity contribution in [3.8, 4) is 0 Å². The molecule has 3 rings (SSSR count). The number of amides is 1. The van der Waals surface area contributed by atoms with Crippen molar-refractivity contribution in [1.29, 1.82) is 0 Å². The highest BCUT2D eigenvalue weighted by Crippen LogP contribution is 2.24. The Bertz CT molecular complexity index is 767. The van der Waals surface area contributed by atoms with E-state index < -0.39 is 0 Å². The van der Waals surface area contributed by atoms with Crippen LogP contribution >= 0.6 is 34.2 Å². The Morgan fingerprint density at radius 3 is 2.70 bits per heavy atom. The van der Waals surface area contributed by atoms with Gasteiger partial charge in [-0.2, -0.15) is 0 Å². The molecule has 3 nitrogen and oxygen atoms in total. The van der Waals surface area contributed by atoms with Crippen LogP contribution in [0.15, 0.2) is 48.0 Å². The largest absolute Gasteiger partial charge is 0.268 e. The van der Waals surface area contributed by atoms with E-state index in [4.69, 9.17) is 0 Å². The molecule has 20 heavy (non-hydrogen) atoms. The molecule has 5 heteroatoms. The molecule has 1 heterocycles. The van der Waals surface area contributed by atoms with Gasteiger partial charge in [0.15, 0.2) is 0 Å². The first-order valence-electron chi connectivity index (χ1n) is 6.05. The Hall–Kier alpha value is -1.47. The molecule has 2 aromatic carbocycles. The number of thiazole rings is 1. The Morgan fingerprint density at radius 2 is 1.95 bits per heavy atom. The zero-order valence-electron chi connectivity index (χ0n) is 10.7. The van der Waals surface area contributed by atoms with Gasteiger partial charge in [-0.3, -0.25) is 4.79 Å². The van der Waals surface area contributed by atoms with Crippen molar-refractivity contribution in [2.24, 2.45) is 0 Å². The van der Waals surface area contributed by atoms with Gasteiger partial charge in [0.05, 0.1) is 44.3 Å². The molecular formula is C15H11IN2OS. The average molecular weight is 394 g/mol. The zero-order valence-corrected chi connectivity index (χ0v) is 13.7. The summed E-state index contributed by atoms with van der Waals surface area (Å²) in [5.74, 6) is -0.0234. The molecule has 0 unspecified atom stereocenters. The third kappa shape index (κ3) is 2.55. The maximum atomic E-state index is 12.5. The Morgan fingerprint density at radius 1 is 1.20 bits per heavy atom. The maximum Gasteiger partial charge on any atom is 0.267 e. The second kappa shape index (κ2) is 5.49. The van der Waals surface area contributed by atoms with Crippen LogP contribution in [0.5, 0.6) is 0 Å². The first-order valence-corrected chi connectivity index (χ1v) is 7.90. The molecule has 100 valence electrons. The molecule has 0 N–H and O–H groups in total. The standard InChI is InChI=1S/C15H11IN2OS/c1-10-2-5-12(6-3-10)18(16)15(19)11-4-7-13-14(8-11)20-9-17-13/h2-9H,1H3. The number of hydrogen-bond donors (Lipinski definition) is 0. The van der Waals surface area contributed by atoms with Gasteiger partial charge in [-0.15, -0.1) is 11.3 Å². The first kappa shape index (κ1) is 13.5. The van der Waals surface area contributed by atoms with Gasteiger partial charge < -0.3 is 0 Å². The molecule has 0 spiro atoms. The molecular weight excluding hydrogens is 383 g/mol. The van der Waals surface area contributed by atoms with Crippen LogP contribution < -0.4 is 3.11 Å². The minimum absolute atomic E-state index is 0.0234. The van der Waals surface area contributed by atoms with Crippen molar-refractivity contribution in [3.05, 3.63) is 59.1 Å². The van der Waals surface area contributed by atoms with E-state index in [-0.39, 0.29) is 5.91 Å². The van der Waals surface area contributed by atoms with Crippen LogP contribution in [-0.2, 0) is 0 Å². The van der Waals surface area contributed by atoms with Crippen LogP contribution in [0.25, 0.3) is 10.2 Å². The molecule has 1 aromatic heterocycles. The highest BCUT2D eigenvalue weighted by atomic mass is 127. The van der Waals surface area contributed by atoms with Crippen molar-refractivity contribution in [2.75, 3.05) is 3.11 Å². The number of halogens is 1. The number of aromatic nitrogens is 1. The summed E-state index contributed by atoms with van der Waals surface area (Å²) in [5, 5.41) is 0. The van der Waals surface area contributed by atoms with E-state index >= 15 is 0 Å². The maximum absolute atomic E-state index is 12.5. The molecule has 0 aliphatic carbocycles. The van der Waals surface area contributed by atoms with Crippen molar-refractivity contribution < 1.29 is 4.79 Å². The Labute approximate surface area is 134 Å². The van der Waals surface area contributed by atoms with Gasteiger partial charge >= 0.3 is 0 Å². The number of fused-ring (bicyclic) bond motifs is 1. The van der Waals surface area contributed by atoms with Crippen LogP contribution in [0.2, 0.25) is 0 Å². The number of nitrogens with zero attached hydrogens (tertiary/aromatic N) is 2. The molecule has 0 saturated heterocycles. The van der Waals surface area contributed by atoms with Gasteiger partial charge in [-0.1, -0.05) is 17.7 Å². The summed E-state index contributed by atoms with van der Waals surface area (Å²) in [6.07, 6.45) is 0. The van der Waals surface area contributed by atoms with Gasteiger partial charge in [-0.25, -0.2) is 8.10 Å². The minimum atomic E-state index is -0.0234. The number of benzene rings is 2. The number of hydrogen-bond acceptors (Lipinski definition) is 3. The van der Waals surface area contributed by atoms with Gasteiger partial charge in [0.2, 0.25) is 0 Å². The fraction of sp³-hybridized carbons (Fsp3) is 0.0667. The van der Waals surface area contributed by atoms with Gasteiger partial charge in [0, 0.05) is 5.56 Å². The molecule has 1 amide bonds. The van der Waals surface area contributed by atoms with Crippen LogP contribution in [0.3, 0.4) is 0 Å². The monoisotopic (exact) mass is 394 g/mol. The zero-order chi connectivity index (χ0) is 14.1. The van der Waals surface area contributed by atoms with E-state index in [2.05, 4.69) is 4.98 Å². The van der Waals surface area contributed by atoms with Crippen molar-refractivity contribution in [3.63, 3.8) is 0 Å². The highest BCUT2D eigenvalue weighted by molar-refractivity contribution is 14.1. The quantitative estimate of drug-likeness (QED) is 0.470. The second-order valence-electron chi connectivity index (χ2n) is 4.46. The van der Waals surface area contributed by atoms with Gasteiger partial charge in [0.25, 0.3) is 5.91 Å². The predicted molar refractivity (Wildman–Crippen MR) is 91.6 cm³/mol. The highest BCUT2D eigenvalue weighted by Gasteiger charge is 2.15. The Kier molecular flexibility index (Phi) is 3.71. The van der Waals surface area contributed by atoms with Crippen LogP contribution in [0.4, 0.5) is 5.69 Å². The van der Waals surface area contributed by atoms with Crippen LogP contribution in [0.1, 0.15) is 15.9 Å². The third-order valence-electron chi connectivity index (χ3n) is 3.02. The first-order chi connectivity index (χ1) is 9.65. The topological polar surface area (TPSA) is 33.2 Å². The lowest BCUT2D eigenvalue weighted by Gasteiger charge is -2.15. The van der Waals surface area contributed by atoms with Crippen molar-refractivity contribution in [1.82, 2.24) is 4.98 Å². The SMILES string of the molecule is Cc1ccc(N(I)C(=O)c2ccc3ncsc3c2)cc1. The van der Waals surface area contributed by atoms with Gasteiger partial charge in [-0.05, 0) is 37.3 Å². The van der Waals surface area contributed by atoms with E-state index in [0.29, 0.717) is 5.56 Å². The lowest BCUT2D eigenvalue weighted by molar-refractivity contribution is 0.101. The van der Waals surface area contributed by atoms with E-state index in [9.17, 15) is 4.79 Å². The summed E-state index contributed by atoms with van der Waals surface area (Å²) in [6.45, 7) is 2.03. The lowest BCUT2D eigenvalue weighted by atomic mass is 10.2. The lowest BCUT2D eigenvalue weighted by Crippen LogP contribution is -2.19. The number of anilines is 1. The number of aryl methyl sites for hydroxylation is 1. The average Bonchev–Trinajstić information content (AvgIpc) is 2.94. The fourth-order valence-electron chi connectivity index (χ4n) is 1.89. The number of rotatable bonds is 2. The summed E-state index contributed by atoms with van der Waals surface area (Å²) < 4.78 is 2.67. The molecule has 0 aliphatic heterocycles. The van der Waals surface area contributed by atoms with Crippen molar-refractivity contribution in [2.45, 2.75) is 6.92 Å². The van der Waals surface area contributed by atoms with Crippen LogP contribution in [-0.4, -0.2) is 10.9 Å². The fourth-order valence-corrected chi connectivity index (χ4v) is 3.21. The number of carbonyl (C=O) groups is 1. The molecule has 0 saturated carbocycles. The molecule has 0 radical (unpaired) electrons. The normalized spacial score (nSPS) is 10.7. The summed E-state index contributed by atoms with van der Waals surface area (Å²) in [4.78, 5) is 16.7. The molecule has 0 fully saturated rings. The molecule has 0 atom stereocenters. The minimum Gasteiger partial charge on any atom is -0.268 e. The smallest absolute Gasteiger partial charge is 0.267 e. The van der Waals surface area contributed by atoms with E-state index in [1.165, 1.54) is 5.56 Å². The summed E-state index contributed by atoms with van der Waals surface area (Å²) in [6, 6.07) is 13.5. The Balaban J connectivity index is 1.92. The molecule has 3 aromatic rings. The molecule has 0 aliphatic rings. The summed E-state index contributed by atoms with van der Waals surface area (Å²) in [5.41, 5.74) is 5.46. The van der Waals surface area contributed by atoms with Crippen LogP contribution in [0, 0.1) is 6.92 Å².